The number of aryl methyl sites for hydroxylation is 1. The summed E-state index contributed by atoms with van der Waals surface area (Å²) in [4.78, 5) is 2.31. The molecule has 8 nitrogen and oxygen atoms in total. The lowest BCUT2D eigenvalue weighted by atomic mass is 9.89. The molecule has 6 rings (SSSR count). The lowest BCUT2D eigenvalue weighted by Gasteiger charge is -2.33. The molecular formula is C27H27N3O5. The summed E-state index contributed by atoms with van der Waals surface area (Å²) in [6.07, 6.45) is 3.29. The molecule has 1 atom stereocenters. The monoisotopic (exact) mass is 473 g/mol. The number of hydrogen-bond acceptors (Lipinski definition) is 8. The topological polar surface area (TPSA) is 97.9 Å². The van der Waals surface area contributed by atoms with Gasteiger partial charge in [0.1, 0.15) is 29.6 Å². The minimum absolute atomic E-state index is 0.205. The Morgan fingerprint density at radius 2 is 1.94 bits per heavy atom. The van der Waals surface area contributed by atoms with Crippen molar-refractivity contribution in [1.82, 2.24) is 15.1 Å². The van der Waals surface area contributed by atoms with Crippen LogP contribution in [0.15, 0.2) is 68.0 Å². The van der Waals surface area contributed by atoms with Gasteiger partial charge in [-0.15, -0.1) is 10.2 Å². The van der Waals surface area contributed by atoms with Crippen molar-refractivity contribution in [2.24, 2.45) is 0 Å². The Bertz CT molecular complexity index is 1440. The van der Waals surface area contributed by atoms with Crippen molar-refractivity contribution < 1.29 is 23.1 Å². The minimum Gasteiger partial charge on any atom is -0.490 e. The van der Waals surface area contributed by atoms with Gasteiger partial charge in [-0.25, -0.2) is 0 Å². The fourth-order valence-corrected chi connectivity index (χ4v) is 4.89. The summed E-state index contributed by atoms with van der Waals surface area (Å²) < 4.78 is 22.8. The van der Waals surface area contributed by atoms with Crippen LogP contribution in [0.4, 0.5) is 0 Å². The minimum atomic E-state index is -0.589. The first-order valence-corrected chi connectivity index (χ1v) is 12.0. The highest BCUT2D eigenvalue weighted by atomic mass is 16.5. The number of benzene rings is 2. The van der Waals surface area contributed by atoms with E-state index in [-0.39, 0.29) is 6.61 Å². The van der Waals surface area contributed by atoms with Gasteiger partial charge in [-0.2, -0.15) is 0 Å². The van der Waals surface area contributed by atoms with Crippen LogP contribution < -0.4 is 4.74 Å². The standard InChI is InChI=1S/C27H27N3O5/c1-17-28-29-27(34-17)26-14-22-24(3-2-4-25(22)35-26)33-16-21(31)15-30-10-7-18(8-11-30)19-5-6-23-20(13-19)9-12-32-23/h2-6,9,12-14,18,21,31H,7-8,10-11,15-16H2,1H3. The number of rotatable bonds is 7. The van der Waals surface area contributed by atoms with Crippen molar-refractivity contribution >= 4 is 21.9 Å². The van der Waals surface area contributed by atoms with Crippen LogP contribution in [-0.4, -0.2) is 52.5 Å². The number of aliphatic hydroxyl groups is 1. The Balaban J connectivity index is 1.04. The van der Waals surface area contributed by atoms with Crippen molar-refractivity contribution in [3.63, 3.8) is 0 Å². The predicted molar refractivity (Wildman–Crippen MR) is 130 cm³/mol. The van der Waals surface area contributed by atoms with E-state index in [1.165, 1.54) is 5.56 Å². The molecule has 0 amide bonds. The second kappa shape index (κ2) is 9.20. The first kappa shape index (κ1) is 21.9. The van der Waals surface area contributed by atoms with Crippen LogP contribution in [0.1, 0.15) is 30.2 Å². The van der Waals surface area contributed by atoms with Crippen LogP contribution in [0.5, 0.6) is 5.75 Å². The van der Waals surface area contributed by atoms with Gasteiger partial charge >= 0.3 is 0 Å². The van der Waals surface area contributed by atoms with E-state index in [2.05, 4.69) is 33.3 Å². The van der Waals surface area contributed by atoms with E-state index in [1.807, 2.05) is 30.3 Å². The van der Waals surface area contributed by atoms with E-state index < -0.39 is 6.10 Å². The van der Waals surface area contributed by atoms with Crippen molar-refractivity contribution in [2.45, 2.75) is 31.8 Å². The first-order chi connectivity index (χ1) is 17.1. The quantitative estimate of drug-likeness (QED) is 0.346. The lowest BCUT2D eigenvalue weighted by Crippen LogP contribution is -2.40. The number of likely N-dealkylation sites (tertiary alicyclic amines) is 1. The van der Waals surface area contributed by atoms with Crippen molar-refractivity contribution in [3.8, 4) is 17.4 Å². The van der Waals surface area contributed by atoms with Gasteiger partial charge in [0.05, 0.1) is 11.6 Å². The largest absolute Gasteiger partial charge is 0.490 e. The highest BCUT2D eigenvalue weighted by Gasteiger charge is 2.23. The summed E-state index contributed by atoms with van der Waals surface area (Å²) in [5.41, 5.74) is 2.96. The number of furan rings is 2. The Kier molecular flexibility index (Phi) is 5.75. The maximum absolute atomic E-state index is 10.7. The number of fused-ring (bicyclic) bond motifs is 2. The summed E-state index contributed by atoms with van der Waals surface area (Å²) in [6.45, 7) is 4.43. The Labute approximate surface area is 202 Å². The molecule has 180 valence electrons. The van der Waals surface area contributed by atoms with E-state index in [0.29, 0.717) is 41.3 Å². The van der Waals surface area contributed by atoms with Crippen LogP contribution in [-0.2, 0) is 0 Å². The van der Waals surface area contributed by atoms with E-state index in [4.69, 9.17) is 18.0 Å². The number of hydrogen-bond donors (Lipinski definition) is 1. The van der Waals surface area contributed by atoms with E-state index in [1.54, 1.807) is 13.2 Å². The highest BCUT2D eigenvalue weighted by molar-refractivity contribution is 5.87. The molecule has 1 unspecified atom stereocenters. The summed E-state index contributed by atoms with van der Waals surface area (Å²) in [6, 6.07) is 15.9. The number of piperidine rings is 1. The number of β-amino-alcohol motifs (C(OH)–C–C–N with tert-alkyl or cyclic N) is 1. The molecule has 0 saturated carbocycles. The zero-order chi connectivity index (χ0) is 23.8. The van der Waals surface area contributed by atoms with E-state index in [0.717, 1.165) is 42.3 Å². The third-order valence-electron chi connectivity index (χ3n) is 6.69. The van der Waals surface area contributed by atoms with Gasteiger partial charge < -0.3 is 28.0 Å². The molecular weight excluding hydrogens is 446 g/mol. The average Bonchev–Trinajstić information content (AvgIpc) is 3.62. The van der Waals surface area contributed by atoms with Crippen LogP contribution >= 0.6 is 0 Å². The lowest BCUT2D eigenvalue weighted by molar-refractivity contribution is 0.0599. The van der Waals surface area contributed by atoms with Gasteiger partial charge in [0.15, 0.2) is 5.76 Å². The fraction of sp³-hybridized carbons (Fsp3) is 0.333. The molecule has 0 spiro atoms. The molecule has 0 aliphatic carbocycles. The smallest absolute Gasteiger partial charge is 0.283 e. The van der Waals surface area contributed by atoms with Crippen LogP contribution in [0.3, 0.4) is 0 Å². The molecule has 3 aromatic heterocycles. The number of aliphatic hydroxyl groups excluding tert-OH is 1. The molecule has 8 heteroatoms. The zero-order valence-electron chi connectivity index (χ0n) is 19.5. The Hall–Kier alpha value is -3.62. The van der Waals surface area contributed by atoms with Gasteiger partial charge in [0.25, 0.3) is 5.89 Å². The molecule has 2 aromatic carbocycles. The molecule has 1 aliphatic rings. The summed E-state index contributed by atoms with van der Waals surface area (Å²) in [7, 11) is 0. The predicted octanol–water partition coefficient (Wildman–Crippen LogP) is 5.16. The third-order valence-corrected chi connectivity index (χ3v) is 6.69. The highest BCUT2D eigenvalue weighted by Crippen LogP contribution is 2.33. The van der Waals surface area contributed by atoms with Gasteiger partial charge in [0, 0.05) is 24.9 Å². The number of aromatic nitrogens is 2. The summed E-state index contributed by atoms with van der Waals surface area (Å²) >= 11 is 0. The molecule has 35 heavy (non-hydrogen) atoms. The maximum atomic E-state index is 10.7. The fourth-order valence-electron chi connectivity index (χ4n) is 4.89. The molecule has 1 saturated heterocycles. The van der Waals surface area contributed by atoms with Gasteiger partial charge in [-0.05, 0) is 67.7 Å². The number of ether oxygens (including phenoxy) is 1. The van der Waals surface area contributed by atoms with Crippen molar-refractivity contribution in [2.75, 3.05) is 26.2 Å². The SMILES string of the molecule is Cc1nnc(-c2cc3c(OCC(O)CN4CCC(c5ccc6occc6c5)CC4)cccc3o2)o1. The van der Waals surface area contributed by atoms with Crippen molar-refractivity contribution in [1.29, 1.82) is 0 Å². The molecule has 0 bridgehead atoms. The third kappa shape index (κ3) is 4.54. The van der Waals surface area contributed by atoms with Crippen LogP contribution in [0, 0.1) is 6.92 Å². The maximum Gasteiger partial charge on any atom is 0.283 e. The molecule has 1 fully saturated rings. The molecule has 1 aliphatic heterocycles. The Morgan fingerprint density at radius 1 is 1.06 bits per heavy atom. The molecule has 4 heterocycles. The molecule has 5 aromatic rings. The first-order valence-electron chi connectivity index (χ1n) is 12.0. The van der Waals surface area contributed by atoms with Crippen LogP contribution in [0.25, 0.3) is 33.6 Å². The van der Waals surface area contributed by atoms with Gasteiger partial charge in [-0.1, -0.05) is 12.1 Å². The number of nitrogens with zero attached hydrogens (tertiary/aromatic N) is 3. The van der Waals surface area contributed by atoms with Crippen LogP contribution in [0.2, 0.25) is 0 Å². The molecule has 1 N–H and O–H groups in total. The van der Waals surface area contributed by atoms with E-state index in [9.17, 15) is 5.11 Å². The summed E-state index contributed by atoms with van der Waals surface area (Å²) in [5.74, 6) is 2.49. The Morgan fingerprint density at radius 3 is 2.77 bits per heavy atom. The van der Waals surface area contributed by atoms with Gasteiger partial charge in [-0.3, -0.25) is 0 Å². The second-order valence-electron chi connectivity index (χ2n) is 9.16. The van der Waals surface area contributed by atoms with Gasteiger partial charge in [0.2, 0.25) is 5.89 Å². The second-order valence-corrected chi connectivity index (χ2v) is 9.16. The van der Waals surface area contributed by atoms with Crippen molar-refractivity contribution in [3.05, 3.63) is 66.2 Å². The molecule has 0 radical (unpaired) electrons. The summed E-state index contributed by atoms with van der Waals surface area (Å²) in [5, 5.41) is 20.5. The normalized spacial score (nSPS) is 16.3. The zero-order valence-corrected chi connectivity index (χ0v) is 19.5. The van der Waals surface area contributed by atoms with E-state index >= 15 is 0 Å². The average molecular weight is 474 g/mol.